The van der Waals surface area contributed by atoms with Crippen molar-refractivity contribution in [2.45, 2.75) is 19.9 Å². The van der Waals surface area contributed by atoms with Crippen LogP contribution in [-0.2, 0) is 0 Å². The molecule has 1 N–H and O–H groups in total. The number of fused-ring (bicyclic) bond motifs is 1. The lowest BCUT2D eigenvalue weighted by Gasteiger charge is -2.32. The van der Waals surface area contributed by atoms with Crippen molar-refractivity contribution in [1.29, 1.82) is 0 Å². The summed E-state index contributed by atoms with van der Waals surface area (Å²) in [6.45, 7) is 4.17. The molecule has 9 heteroatoms. The smallest absolute Gasteiger partial charge is 0.278 e. The molecule has 0 fully saturated rings. The number of halogens is 2. The number of carbonyl (C=O) groups excluding carboxylic acids is 2. The molecule has 0 saturated carbocycles. The predicted molar refractivity (Wildman–Crippen MR) is 112 cm³/mol. The van der Waals surface area contributed by atoms with Gasteiger partial charge >= 0.3 is 0 Å². The molecule has 3 aromatic rings. The zero-order valence-corrected chi connectivity index (χ0v) is 17.2. The average molecular weight is 430 g/mol. The summed E-state index contributed by atoms with van der Waals surface area (Å²) in [5.41, 5.74) is 2.48. The van der Waals surface area contributed by atoms with E-state index in [1.807, 2.05) is 6.92 Å². The molecule has 1 aliphatic rings. The van der Waals surface area contributed by atoms with Gasteiger partial charge in [-0.3, -0.25) is 19.3 Å². The van der Waals surface area contributed by atoms with Crippen molar-refractivity contribution in [3.05, 3.63) is 69.7 Å². The summed E-state index contributed by atoms with van der Waals surface area (Å²) in [6, 6.07) is 8.24. The number of aromatic nitrogens is 3. The third-order valence-corrected chi connectivity index (χ3v) is 5.47. The second-order valence-electron chi connectivity index (χ2n) is 6.85. The van der Waals surface area contributed by atoms with Gasteiger partial charge in [0.05, 0.1) is 28.0 Å². The minimum Gasteiger partial charge on any atom is -0.319 e. The van der Waals surface area contributed by atoms with E-state index in [1.54, 1.807) is 53.0 Å². The number of nitrogens with one attached hydrogen (secondary N) is 1. The minimum absolute atomic E-state index is 0.0917. The molecule has 0 radical (unpaired) electrons. The zero-order valence-electron chi connectivity index (χ0n) is 15.7. The highest BCUT2D eigenvalue weighted by Crippen LogP contribution is 2.33. The van der Waals surface area contributed by atoms with Crippen molar-refractivity contribution >= 4 is 46.4 Å². The van der Waals surface area contributed by atoms with Gasteiger partial charge in [-0.1, -0.05) is 23.2 Å². The number of aryl methyl sites for hydroxylation is 1. The highest BCUT2D eigenvalue weighted by molar-refractivity contribution is 6.42. The Morgan fingerprint density at radius 1 is 1.21 bits per heavy atom. The van der Waals surface area contributed by atoms with Crippen molar-refractivity contribution in [2.75, 3.05) is 16.8 Å². The Morgan fingerprint density at radius 3 is 2.72 bits per heavy atom. The summed E-state index contributed by atoms with van der Waals surface area (Å²) in [4.78, 5) is 31.6. The third kappa shape index (κ3) is 3.59. The van der Waals surface area contributed by atoms with Crippen molar-refractivity contribution in [1.82, 2.24) is 14.8 Å². The number of carbonyl (C=O) groups is 2. The summed E-state index contributed by atoms with van der Waals surface area (Å²) in [6.07, 6.45) is 3.06. The standard InChI is InChI=1S/C20H17Cl2N5O2/c1-11-7-13(5-6-23-11)19(28)25-17-9-24-27-12(2)10-26(20(29)18(17)27)14-3-4-15(21)16(22)8-14/h3-9,12H,10H2,1-2H3,(H,25,28)/t12-/m0/s1. The van der Waals surface area contributed by atoms with E-state index < -0.39 is 0 Å². The number of amides is 2. The Balaban J connectivity index is 1.67. The quantitative estimate of drug-likeness (QED) is 0.670. The molecule has 4 rings (SSSR count). The van der Waals surface area contributed by atoms with Gasteiger partial charge in [0.25, 0.3) is 11.8 Å². The summed E-state index contributed by atoms with van der Waals surface area (Å²) >= 11 is 12.1. The molecule has 2 aromatic heterocycles. The summed E-state index contributed by atoms with van der Waals surface area (Å²) in [5.74, 6) is -0.612. The monoisotopic (exact) mass is 429 g/mol. The van der Waals surface area contributed by atoms with Crippen molar-refractivity contribution < 1.29 is 9.59 Å². The van der Waals surface area contributed by atoms with E-state index in [2.05, 4.69) is 15.4 Å². The second kappa shape index (κ2) is 7.50. The highest BCUT2D eigenvalue weighted by atomic mass is 35.5. The van der Waals surface area contributed by atoms with E-state index in [4.69, 9.17) is 23.2 Å². The number of hydrogen-bond acceptors (Lipinski definition) is 4. The lowest BCUT2D eigenvalue weighted by atomic mass is 10.1. The van der Waals surface area contributed by atoms with Crippen LogP contribution in [0.2, 0.25) is 10.0 Å². The molecular formula is C20H17Cl2N5O2. The number of pyridine rings is 1. The van der Waals surface area contributed by atoms with Crippen LogP contribution >= 0.6 is 23.2 Å². The van der Waals surface area contributed by atoms with Crippen molar-refractivity contribution in [3.63, 3.8) is 0 Å². The number of hydrogen-bond donors (Lipinski definition) is 1. The fourth-order valence-corrected chi connectivity index (χ4v) is 3.60. The van der Waals surface area contributed by atoms with E-state index in [9.17, 15) is 9.59 Å². The van der Waals surface area contributed by atoms with E-state index in [0.29, 0.717) is 39.2 Å². The van der Waals surface area contributed by atoms with Gasteiger partial charge < -0.3 is 10.2 Å². The van der Waals surface area contributed by atoms with Crippen molar-refractivity contribution in [3.8, 4) is 0 Å². The molecule has 0 bridgehead atoms. The molecule has 0 saturated heterocycles. The average Bonchev–Trinajstić information content (AvgIpc) is 3.11. The molecule has 0 aliphatic carbocycles. The van der Waals surface area contributed by atoms with E-state index in [1.165, 1.54) is 6.20 Å². The van der Waals surface area contributed by atoms with Gasteiger partial charge in [-0.15, -0.1) is 0 Å². The minimum atomic E-state index is -0.335. The van der Waals surface area contributed by atoms with Gasteiger partial charge in [-0.25, -0.2) is 0 Å². The molecule has 2 amide bonds. The third-order valence-electron chi connectivity index (χ3n) is 4.73. The molecule has 1 aromatic carbocycles. The summed E-state index contributed by atoms with van der Waals surface area (Å²) < 4.78 is 1.63. The van der Waals surface area contributed by atoms with Crippen LogP contribution in [0.4, 0.5) is 11.4 Å². The molecule has 0 unspecified atom stereocenters. The number of nitrogens with zero attached hydrogens (tertiary/aromatic N) is 4. The largest absolute Gasteiger partial charge is 0.319 e. The van der Waals surface area contributed by atoms with Crippen LogP contribution in [0.3, 0.4) is 0 Å². The van der Waals surface area contributed by atoms with Crippen molar-refractivity contribution in [2.24, 2.45) is 0 Å². The van der Waals surface area contributed by atoms with Crippen LogP contribution in [0.5, 0.6) is 0 Å². The summed E-state index contributed by atoms with van der Waals surface area (Å²) in [7, 11) is 0. The maximum Gasteiger partial charge on any atom is 0.278 e. The topological polar surface area (TPSA) is 80.1 Å². The van der Waals surface area contributed by atoms with Gasteiger partial charge in [-0.2, -0.15) is 5.10 Å². The molecule has 148 valence electrons. The van der Waals surface area contributed by atoms with E-state index in [0.717, 1.165) is 5.69 Å². The first-order valence-corrected chi connectivity index (χ1v) is 9.69. The van der Waals surface area contributed by atoms with Crippen LogP contribution in [0, 0.1) is 6.92 Å². The molecular weight excluding hydrogens is 413 g/mol. The Morgan fingerprint density at radius 2 is 2.00 bits per heavy atom. The molecule has 1 atom stereocenters. The van der Waals surface area contributed by atoms with Crippen LogP contribution in [0.15, 0.2) is 42.7 Å². The summed E-state index contributed by atoms with van der Waals surface area (Å²) in [5, 5.41) is 7.88. The molecule has 7 nitrogen and oxygen atoms in total. The SMILES string of the molecule is Cc1cc(C(=O)Nc2cnn3c2C(=O)N(c2ccc(Cl)c(Cl)c2)C[C@@H]3C)ccn1. The Hall–Kier alpha value is -2.90. The van der Waals surface area contributed by atoms with Crippen LogP contribution < -0.4 is 10.2 Å². The normalized spacial score (nSPS) is 15.9. The molecule has 1 aliphatic heterocycles. The Bertz CT molecular complexity index is 1130. The second-order valence-corrected chi connectivity index (χ2v) is 7.67. The van der Waals surface area contributed by atoms with E-state index in [-0.39, 0.29) is 17.9 Å². The Kier molecular flexibility index (Phi) is 5.02. The molecule has 3 heterocycles. The number of benzene rings is 1. The van der Waals surface area contributed by atoms with Gasteiger partial charge in [0.2, 0.25) is 0 Å². The fourth-order valence-electron chi connectivity index (χ4n) is 3.31. The van der Waals surface area contributed by atoms with Gasteiger partial charge in [0.1, 0.15) is 0 Å². The van der Waals surface area contributed by atoms with Gasteiger partial charge in [-0.05, 0) is 44.2 Å². The first-order valence-electron chi connectivity index (χ1n) is 8.93. The maximum atomic E-state index is 13.2. The first kappa shape index (κ1) is 19.4. The van der Waals surface area contributed by atoms with Gasteiger partial charge in [0, 0.05) is 29.7 Å². The molecule has 0 spiro atoms. The number of rotatable bonds is 3. The van der Waals surface area contributed by atoms with E-state index >= 15 is 0 Å². The van der Waals surface area contributed by atoms with Crippen LogP contribution in [-0.4, -0.2) is 33.1 Å². The lowest BCUT2D eigenvalue weighted by molar-refractivity contribution is 0.0954. The lowest BCUT2D eigenvalue weighted by Crippen LogP contribution is -2.43. The Labute approximate surface area is 177 Å². The zero-order chi connectivity index (χ0) is 20.7. The van der Waals surface area contributed by atoms with Crippen LogP contribution in [0.1, 0.15) is 39.5 Å². The highest BCUT2D eigenvalue weighted by Gasteiger charge is 2.34. The molecule has 29 heavy (non-hydrogen) atoms. The predicted octanol–water partition coefficient (Wildman–Crippen LogP) is 4.37. The van der Waals surface area contributed by atoms with Gasteiger partial charge in [0.15, 0.2) is 5.69 Å². The fraction of sp³-hybridized carbons (Fsp3) is 0.200. The van der Waals surface area contributed by atoms with Crippen LogP contribution in [0.25, 0.3) is 0 Å². The first-order chi connectivity index (χ1) is 13.8. The maximum absolute atomic E-state index is 13.2. The number of anilines is 2.